The van der Waals surface area contributed by atoms with E-state index in [1.165, 1.54) is 0 Å². The molecule has 0 aliphatic carbocycles. The van der Waals surface area contributed by atoms with Crippen LogP contribution < -0.4 is 0 Å². The van der Waals surface area contributed by atoms with E-state index in [0.717, 1.165) is 10.6 Å². The fourth-order valence-corrected chi connectivity index (χ4v) is 1.42. The van der Waals surface area contributed by atoms with Gasteiger partial charge in [-0.1, -0.05) is 30.3 Å². The van der Waals surface area contributed by atoms with Gasteiger partial charge in [-0.15, -0.1) is 10.5 Å². The summed E-state index contributed by atoms with van der Waals surface area (Å²) < 4.78 is 5.16. The lowest BCUT2D eigenvalue weighted by molar-refractivity contribution is 0.0252. The Hall–Kier alpha value is -2.20. The van der Waals surface area contributed by atoms with E-state index in [1.54, 1.807) is 20.8 Å². The van der Waals surface area contributed by atoms with E-state index in [2.05, 4.69) is 10.1 Å². The summed E-state index contributed by atoms with van der Waals surface area (Å²) in [6, 6.07) is 9.65. The maximum absolute atomic E-state index is 11.8. The van der Waals surface area contributed by atoms with Crippen LogP contribution in [0.25, 0.3) is 10.4 Å². The number of rotatable bonds is 4. The SMILES string of the molecule is CC(C)(C)OC(=O)N(CCc1ccccc1)N=[N+]=[N-]. The van der Waals surface area contributed by atoms with Crippen molar-refractivity contribution in [3.63, 3.8) is 0 Å². The smallest absolute Gasteiger partial charge is 0.425 e. The van der Waals surface area contributed by atoms with Crippen LogP contribution in [0.2, 0.25) is 0 Å². The number of benzene rings is 1. The Labute approximate surface area is 112 Å². The summed E-state index contributed by atoms with van der Waals surface area (Å²) in [5.41, 5.74) is 8.93. The van der Waals surface area contributed by atoms with Crippen LogP contribution in [0.15, 0.2) is 35.6 Å². The minimum Gasteiger partial charge on any atom is -0.425 e. The van der Waals surface area contributed by atoms with Gasteiger partial charge in [-0.2, -0.15) is 9.71 Å². The first-order valence-electron chi connectivity index (χ1n) is 6.02. The van der Waals surface area contributed by atoms with E-state index in [0.29, 0.717) is 6.42 Å². The summed E-state index contributed by atoms with van der Waals surface area (Å²) in [6.45, 7) is 5.56. The fourth-order valence-electron chi connectivity index (χ4n) is 1.42. The molecule has 0 aliphatic rings. The number of ether oxygens (including phenoxy) is 1. The van der Waals surface area contributed by atoms with Gasteiger partial charge in [-0.3, -0.25) is 0 Å². The molecule has 1 aromatic carbocycles. The molecule has 0 radical (unpaired) electrons. The molecule has 0 spiro atoms. The molecule has 0 fully saturated rings. The molecule has 19 heavy (non-hydrogen) atoms. The molecule has 0 bridgehead atoms. The van der Waals surface area contributed by atoms with Crippen LogP contribution >= 0.6 is 0 Å². The van der Waals surface area contributed by atoms with E-state index < -0.39 is 11.7 Å². The zero-order valence-electron chi connectivity index (χ0n) is 11.4. The molecule has 6 heteroatoms. The van der Waals surface area contributed by atoms with Crippen LogP contribution in [0.1, 0.15) is 26.3 Å². The Balaban J connectivity index is 2.63. The zero-order valence-corrected chi connectivity index (χ0v) is 11.4. The van der Waals surface area contributed by atoms with Gasteiger partial charge in [-0.05, 0) is 31.6 Å². The number of hydrogen-bond acceptors (Lipinski definition) is 3. The van der Waals surface area contributed by atoms with Crippen molar-refractivity contribution < 1.29 is 9.53 Å². The second kappa shape index (κ2) is 6.66. The largest absolute Gasteiger partial charge is 0.510 e. The molecule has 0 heterocycles. The Bertz CT molecular complexity index is 461. The molecule has 1 rings (SSSR count). The van der Waals surface area contributed by atoms with Crippen molar-refractivity contribution in [1.29, 1.82) is 0 Å². The Kier molecular flexibility index (Phi) is 5.21. The number of azide groups is 1. The maximum Gasteiger partial charge on any atom is 0.510 e. The second-order valence-corrected chi connectivity index (χ2v) is 5.02. The van der Waals surface area contributed by atoms with Crippen molar-refractivity contribution in [3.05, 3.63) is 46.3 Å². The molecule has 0 aromatic heterocycles. The van der Waals surface area contributed by atoms with E-state index in [1.807, 2.05) is 30.3 Å². The van der Waals surface area contributed by atoms with Crippen LogP contribution in [-0.2, 0) is 11.2 Å². The molecule has 0 atom stereocenters. The predicted molar refractivity (Wildman–Crippen MR) is 72.2 cm³/mol. The quantitative estimate of drug-likeness (QED) is 0.359. The predicted octanol–water partition coefficient (Wildman–Crippen LogP) is 3.69. The molecular formula is C13H18N4O2. The van der Waals surface area contributed by atoms with Crippen molar-refractivity contribution in [2.75, 3.05) is 6.54 Å². The van der Waals surface area contributed by atoms with Gasteiger partial charge < -0.3 is 4.74 Å². The third-order valence-corrected chi connectivity index (χ3v) is 2.21. The summed E-state index contributed by atoms with van der Waals surface area (Å²) in [4.78, 5) is 14.5. The molecule has 0 N–H and O–H groups in total. The van der Waals surface area contributed by atoms with Crippen LogP contribution in [0, 0.1) is 0 Å². The van der Waals surface area contributed by atoms with Gasteiger partial charge in [0.15, 0.2) is 0 Å². The van der Waals surface area contributed by atoms with Gasteiger partial charge >= 0.3 is 6.09 Å². The zero-order chi connectivity index (χ0) is 14.3. The van der Waals surface area contributed by atoms with Gasteiger partial charge in [0, 0.05) is 6.42 Å². The van der Waals surface area contributed by atoms with Crippen molar-refractivity contribution >= 4 is 6.09 Å². The van der Waals surface area contributed by atoms with Crippen LogP contribution in [0.3, 0.4) is 0 Å². The Morgan fingerprint density at radius 3 is 2.53 bits per heavy atom. The van der Waals surface area contributed by atoms with Crippen molar-refractivity contribution in [1.82, 2.24) is 5.01 Å². The highest BCUT2D eigenvalue weighted by Crippen LogP contribution is 2.11. The summed E-state index contributed by atoms with van der Waals surface area (Å²) in [5, 5.41) is 4.36. The standard InChI is InChI=1S/C13H18N4O2/c1-13(2,3)19-12(18)17(16-15-14)10-9-11-7-5-4-6-8-11/h4-8H,9-10H2,1-3H3. The molecule has 0 unspecified atom stereocenters. The minimum absolute atomic E-state index is 0.281. The number of amides is 1. The second-order valence-electron chi connectivity index (χ2n) is 5.02. The Morgan fingerprint density at radius 2 is 2.00 bits per heavy atom. The first-order chi connectivity index (χ1) is 8.92. The van der Waals surface area contributed by atoms with Crippen LogP contribution in [0.5, 0.6) is 0 Å². The van der Waals surface area contributed by atoms with Gasteiger partial charge in [0.2, 0.25) is 0 Å². The third kappa shape index (κ3) is 5.79. The van der Waals surface area contributed by atoms with E-state index in [-0.39, 0.29) is 6.54 Å². The first-order valence-corrected chi connectivity index (χ1v) is 6.02. The first kappa shape index (κ1) is 14.9. The number of carbonyl (C=O) groups is 1. The maximum atomic E-state index is 11.8. The average molecular weight is 262 g/mol. The summed E-state index contributed by atoms with van der Waals surface area (Å²) in [6.07, 6.45) is -0.0414. The molecule has 0 aliphatic heterocycles. The summed E-state index contributed by atoms with van der Waals surface area (Å²) in [7, 11) is 0. The van der Waals surface area contributed by atoms with Gasteiger partial charge in [0.1, 0.15) is 12.1 Å². The molecular weight excluding hydrogens is 244 g/mol. The lowest BCUT2D eigenvalue weighted by atomic mass is 10.1. The fraction of sp³-hybridized carbons (Fsp3) is 0.462. The molecule has 1 aromatic rings. The molecule has 0 saturated heterocycles. The van der Waals surface area contributed by atoms with Crippen molar-refractivity contribution in [2.24, 2.45) is 5.22 Å². The molecule has 6 nitrogen and oxygen atoms in total. The topological polar surface area (TPSA) is 78.3 Å². The highest BCUT2D eigenvalue weighted by molar-refractivity contribution is 5.67. The molecule has 0 saturated carbocycles. The highest BCUT2D eigenvalue weighted by atomic mass is 16.6. The number of nitrogens with zero attached hydrogens (tertiary/aromatic N) is 4. The van der Waals surface area contributed by atoms with Crippen molar-refractivity contribution in [2.45, 2.75) is 32.8 Å². The number of carbonyl (C=O) groups excluding carboxylic acids is 1. The monoisotopic (exact) mass is 262 g/mol. The Morgan fingerprint density at radius 1 is 1.37 bits per heavy atom. The van der Waals surface area contributed by atoms with Gasteiger partial charge in [0.05, 0.1) is 0 Å². The third-order valence-electron chi connectivity index (χ3n) is 2.21. The summed E-state index contributed by atoms with van der Waals surface area (Å²) >= 11 is 0. The van der Waals surface area contributed by atoms with E-state index in [4.69, 9.17) is 10.3 Å². The lowest BCUT2D eigenvalue weighted by Crippen LogP contribution is -2.34. The van der Waals surface area contributed by atoms with E-state index in [9.17, 15) is 4.79 Å². The lowest BCUT2D eigenvalue weighted by Gasteiger charge is -2.21. The average Bonchev–Trinajstić information content (AvgIpc) is 2.33. The van der Waals surface area contributed by atoms with Crippen molar-refractivity contribution in [3.8, 4) is 0 Å². The highest BCUT2D eigenvalue weighted by Gasteiger charge is 2.25. The van der Waals surface area contributed by atoms with Gasteiger partial charge in [0.25, 0.3) is 0 Å². The van der Waals surface area contributed by atoms with Crippen LogP contribution in [-0.4, -0.2) is 23.2 Å². The molecule has 1 amide bonds. The number of hydrogen-bond donors (Lipinski definition) is 0. The van der Waals surface area contributed by atoms with Crippen LogP contribution in [0.4, 0.5) is 4.79 Å². The normalized spacial score (nSPS) is 10.5. The molecule has 102 valence electrons. The minimum atomic E-state index is -0.638. The van der Waals surface area contributed by atoms with E-state index >= 15 is 0 Å². The van der Waals surface area contributed by atoms with Gasteiger partial charge in [-0.25, -0.2) is 0 Å². The summed E-state index contributed by atoms with van der Waals surface area (Å²) in [5.74, 6) is 0.